The lowest BCUT2D eigenvalue weighted by Gasteiger charge is -1.99. The third-order valence-corrected chi connectivity index (χ3v) is 5.45. The van der Waals surface area contributed by atoms with Gasteiger partial charge in [-0.2, -0.15) is 5.10 Å². The molecule has 0 bridgehead atoms. The maximum Gasteiger partial charge on any atom is 0.271 e. The SMILES string of the molecule is Cc1ccc(Sc2oc(/C=N\NC(=O)c3ccc([N+](=O)[O-])cc3)cc2Br)cc1. The molecule has 2 aromatic carbocycles. The van der Waals surface area contributed by atoms with Crippen LogP contribution in [0.4, 0.5) is 5.69 Å². The molecular formula is C19H14BrN3O4S. The van der Waals surface area contributed by atoms with E-state index < -0.39 is 10.8 Å². The Hall–Kier alpha value is -2.91. The molecule has 0 aliphatic rings. The molecule has 1 heterocycles. The first kappa shape index (κ1) is 19.8. The van der Waals surface area contributed by atoms with Gasteiger partial charge in [0.05, 0.1) is 15.6 Å². The van der Waals surface area contributed by atoms with Crippen LogP contribution in [0, 0.1) is 17.0 Å². The zero-order valence-corrected chi connectivity index (χ0v) is 17.0. The molecule has 1 amide bonds. The topological polar surface area (TPSA) is 97.7 Å². The van der Waals surface area contributed by atoms with Gasteiger partial charge in [-0.15, -0.1) is 0 Å². The number of furan rings is 1. The minimum absolute atomic E-state index is 0.0842. The van der Waals surface area contributed by atoms with E-state index in [0.29, 0.717) is 10.9 Å². The lowest BCUT2D eigenvalue weighted by molar-refractivity contribution is -0.384. The Morgan fingerprint density at radius 2 is 1.89 bits per heavy atom. The van der Waals surface area contributed by atoms with Crippen LogP contribution in [0.25, 0.3) is 0 Å². The van der Waals surface area contributed by atoms with E-state index in [9.17, 15) is 14.9 Å². The summed E-state index contributed by atoms with van der Waals surface area (Å²) < 4.78 is 6.50. The molecule has 0 saturated heterocycles. The molecule has 0 spiro atoms. The van der Waals surface area contributed by atoms with Crippen molar-refractivity contribution >= 4 is 45.5 Å². The van der Waals surface area contributed by atoms with Crippen LogP contribution in [0.3, 0.4) is 0 Å². The number of hydrogen-bond acceptors (Lipinski definition) is 6. The van der Waals surface area contributed by atoms with Crippen molar-refractivity contribution in [2.24, 2.45) is 5.10 Å². The third-order valence-electron chi connectivity index (χ3n) is 3.60. The van der Waals surface area contributed by atoms with Crippen LogP contribution in [-0.2, 0) is 0 Å². The van der Waals surface area contributed by atoms with E-state index in [4.69, 9.17) is 4.42 Å². The Morgan fingerprint density at radius 3 is 2.54 bits per heavy atom. The summed E-state index contributed by atoms with van der Waals surface area (Å²) in [6.07, 6.45) is 1.38. The van der Waals surface area contributed by atoms with Gasteiger partial charge in [0.1, 0.15) is 5.76 Å². The van der Waals surface area contributed by atoms with Gasteiger partial charge in [-0.25, -0.2) is 5.43 Å². The fourth-order valence-corrected chi connectivity index (χ4v) is 3.50. The first-order chi connectivity index (χ1) is 13.4. The number of halogens is 1. The molecule has 0 aliphatic carbocycles. The molecule has 142 valence electrons. The summed E-state index contributed by atoms with van der Waals surface area (Å²) in [6, 6.07) is 15.1. The zero-order valence-electron chi connectivity index (χ0n) is 14.6. The molecular weight excluding hydrogens is 446 g/mol. The van der Waals surface area contributed by atoms with E-state index in [-0.39, 0.29) is 11.3 Å². The van der Waals surface area contributed by atoms with E-state index in [1.807, 2.05) is 31.2 Å². The number of carbonyl (C=O) groups excluding carboxylic acids is 1. The van der Waals surface area contributed by atoms with Crippen molar-refractivity contribution in [1.29, 1.82) is 0 Å². The van der Waals surface area contributed by atoms with Crippen LogP contribution in [0.1, 0.15) is 21.7 Å². The monoisotopic (exact) mass is 459 g/mol. The molecule has 0 saturated carbocycles. The summed E-state index contributed by atoms with van der Waals surface area (Å²) in [4.78, 5) is 23.2. The number of carbonyl (C=O) groups is 1. The highest BCUT2D eigenvalue weighted by Gasteiger charge is 2.11. The molecule has 0 radical (unpaired) electrons. The Bertz CT molecular complexity index is 1030. The van der Waals surface area contributed by atoms with Gasteiger partial charge in [0, 0.05) is 28.7 Å². The molecule has 0 atom stereocenters. The summed E-state index contributed by atoms with van der Waals surface area (Å²) in [7, 11) is 0. The van der Waals surface area contributed by atoms with E-state index in [0.717, 1.165) is 9.37 Å². The van der Waals surface area contributed by atoms with E-state index in [1.165, 1.54) is 47.8 Å². The molecule has 1 N–H and O–H groups in total. The number of hydrazone groups is 1. The molecule has 0 fully saturated rings. The first-order valence-corrected chi connectivity index (χ1v) is 9.65. The Kier molecular flexibility index (Phi) is 6.27. The van der Waals surface area contributed by atoms with Crippen LogP contribution in [0.15, 0.2) is 78.6 Å². The fraction of sp³-hybridized carbons (Fsp3) is 0.0526. The van der Waals surface area contributed by atoms with Gasteiger partial charge in [0.25, 0.3) is 11.6 Å². The largest absolute Gasteiger partial charge is 0.447 e. The molecule has 28 heavy (non-hydrogen) atoms. The van der Waals surface area contributed by atoms with Crippen molar-refractivity contribution in [3.8, 4) is 0 Å². The van der Waals surface area contributed by atoms with Gasteiger partial charge >= 0.3 is 0 Å². The number of nitro benzene ring substituents is 1. The van der Waals surface area contributed by atoms with E-state index in [2.05, 4.69) is 26.5 Å². The first-order valence-electron chi connectivity index (χ1n) is 8.04. The fourth-order valence-electron chi connectivity index (χ4n) is 2.17. The van der Waals surface area contributed by atoms with Gasteiger partial charge < -0.3 is 4.42 Å². The van der Waals surface area contributed by atoms with Crippen molar-refractivity contribution in [3.05, 3.63) is 86.1 Å². The van der Waals surface area contributed by atoms with Crippen LogP contribution in [-0.4, -0.2) is 17.0 Å². The van der Waals surface area contributed by atoms with Gasteiger partial charge in [0.2, 0.25) is 0 Å². The number of amides is 1. The molecule has 7 nitrogen and oxygen atoms in total. The van der Waals surface area contributed by atoms with Crippen molar-refractivity contribution < 1.29 is 14.1 Å². The smallest absolute Gasteiger partial charge is 0.271 e. The second-order valence-corrected chi connectivity index (χ2v) is 7.60. The Morgan fingerprint density at radius 1 is 1.21 bits per heavy atom. The van der Waals surface area contributed by atoms with Gasteiger partial charge in [0.15, 0.2) is 5.09 Å². The van der Waals surface area contributed by atoms with Crippen molar-refractivity contribution in [1.82, 2.24) is 5.43 Å². The molecule has 3 rings (SSSR count). The minimum Gasteiger partial charge on any atom is -0.447 e. The average molecular weight is 460 g/mol. The van der Waals surface area contributed by atoms with E-state index >= 15 is 0 Å². The number of non-ortho nitro benzene ring substituents is 1. The number of nitro groups is 1. The quantitative estimate of drug-likeness (QED) is 0.311. The number of benzene rings is 2. The average Bonchev–Trinajstić information content (AvgIpc) is 3.03. The second kappa shape index (κ2) is 8.85. The summed E-state index contributed by atoms with van der Waals surface area (Å²) in [5.41, 5.74) is 3.72. The number of nitrogens with one attached hydrogen (secondary N) is 1. The zero-order chi connectivity index (χ0) is 20.1. The standard InChI is InChI=1S/C19H14BrN3O4S/c1-12-2-8-16(9-3-12)28-19-17(20)10-15(27-19)11-21-22-18(24)13-4-6-14(7-5-13)23(25)26/h2-11H,1H3,(H,22,24)/b21-11-. The Labute approximate surface area is 173 Å². The predicted molar refractivity (Wildman–Crippen MR) is 110 cm³/mol. The minimum atomic E-state index is -0.527. The van der Waals surface area contributed by atoms with Gasteiger partial charge in [-0.3, -0.25) is 14.9 Å². The lowest BCUT2D eigenvalue weighted by Crippen LogP contribution is -2.17. The summed E-state index contributed by atoms with van der Waals surface area (Å²) >= 11 is 4.91. The van der Waals surface area contributed by atoms with Crippen LogP contribution >= 0.6 is 27.7 Å². The molecule has 0 aliphatic heterocycles. The molecule has 1 aromatic heterocycles. The lowest BCUT2D eigenvalue weighted by atomic mass is 10.2. The maximum atomic E-state index is 12.0. The van der Waals surface area contributed by atoms with Crippen molar-refractivity contribution in [2.75, 3.05) is 0 Å². The number of aryl methyl sites for hydroxylation is 1. The van der Waals surface area contributed by atoms with Crippen LogP contribution in [0.2, 0.25) is 0 Å². The second-order valence-electron chi connectivity index (χ2n) is 5.70. The number of rotatable bonds is 6. The van der Waals surface area contributed by atoms with Crippen molar-refractivity contribution in [2.45, 2.75) is 16.9 Å². The van der Waals surface area contributed by atoms with Gasteiger partial charge in [-0.05, 0) is 47.1 Å². The molecule has 0 unspecified atom stereocenters. The van der Waals surface area contributed by atoms with E-state index in [1.54, 1.807) is 6.07 Å². The normalized spacial score (nSPS) is 10.9. The summed E-state index contributed by atoms with van der Waals surface area (Å²) in [5.74, 6) is -0.0171. The van der Waals surface area contributed by atoms with Crippen molar-refractivity contribution in [3.63, 3.8) is 0 Å². The third kappa shape index (κ3) is 5.08. The maximum absolute atomic E-state index is 12.0. The van der Waals surface area contributed by atoms with Crippen LogP contribution in [0.5, 0.6) is 0 Å². The molecule has 3 aromatic rings. The van der Waals surface area contributed by atoms with Gasteiger partial charge in [-0.1, -0.05) is 29.5 Å². The highest BCUT2D eigenvalue weighted by Crippen LogP contribution is 2.35. The predicted octanol–water partition coefficient (Wildman–Crippen LogP) is 5.17. The summed E-state index contributed by atoms with van der Waals surface area (Å²) in [6.45, 7) is 2.02. The number of hydrogen-bond donors (Lipinski definition) is 1. The van der Waals surface area contributed by atoms with Crippen LogP contribution < -0.4 is 5.43 Å². The Balaban J connectivity index is 1.62. The molecule has 9 heteroatoms. The highest BCUT2D eigenvalue weighted by atomic mass is 79.9. The highest BCUT2D eigenvalue weighted by molar-refractivity contribution is 9.10. The summed E-state index contributed by atoms with van der Waals surface area (Å²) in [5, 5.41) is 15.2. The number of nitrogens with zero attached hydrogens (tertiary/aromatic N) is 2.